The van der Waals surface area contributed by atoms with Crippen LogP contribution in [0.4, 0.5) is 10.5 Å². The number of aliphatic hydroxyl groups is 1. The molecule has 1 aliphatic rings. The number of carboxylic acid groups (broad SMARTS) is 1. The Bertz CT molecular complexity index is 551. The van der Waals surface area contributed by atoms with Crippen molar-refractivity contribution in [3.05, 3.63) is 27.3 Å². The number of aliphatic hydroxyl groups excluding tert-OH is 1. The zero-order chi connectivity index (χ0) is 15.4. The van der Waals surface area contributed by atoms with Gasteiger partial charge in [-0.05, 0) is 40.8 Å². The Morgan fingerprint density at radius 3 is 2.90 bits per heavy atom. The van der Waals surface area contributed by atoms with Crippen LogP contribution in [-0.4, -0.2) is 59.5 Å². The average molecular weight is 406 g/mol. The number of nitrogens with zero attached hydrogens (tertiary/aromatic N) is 1. The minimum Gasteiger partial charge on any atom is -0.478 e. The first-order chi connectivity index (χ1) is 10.0. The third-order valence-electron chi connectivity index (χ3n) is 3.08. The molecule has 1 saturated heterocycles. The van der Waals surface area contributed by atoms with Crippen LogP contribution in [0.25, 0.3) is 0 Å². The Morgan fingerprint density at radius 2 is 2.24 bits per heavy atom. The van der Waals surface area contributed by atoms with E-state index in [0.29, 0.717) is 13.2 Å². The van der Waals surface area contributed by atoms with E-state index in [-0.39, 0.29) is 24.4 Å². The summed E-state index contributed by atoms with van der Waals surface area (Å²) in [6.45, 7) is 0.856. The van der Waals surface area contributed by atoms with E-state index in [1.165, 1.54) is 11.0 Å². The van der Waals surface area contributed by atoms with E-state index >= 15 is 0 Å². The molecule has 0 aromatic heterocycles. The first-order valence-electron chi connectivity index (χ1n) is 6.32. The highest BCUT2D eigenvalue weighted by Crippen LogP contribution is 2.20. The standard InChI is InChI=1S/C13H15IN2O5/c14-8-1-2-11(10(5-8)12(18)19)15-13(20)16-3-4-21-9(6-16)7-17/h1-2,5,9,17H,3-4,6-7H2,(H,15,20)(H,18,19). The van der Waals surface area contributed by atoms with Gasteiger partial charge >= 0.3 is 12.0 Å². The lowest BCUT2D eigenvalue weighted by molar-refractivity contribution is -0.0388. The molecule has 7 nitrogen and oxygen atoms in total. The molecule has 1 atom stereocenters. The third-order valence-corrected chi connectivity index (χ3v) is 3.75. The molecule has 2 rings (SSSR count). The predicted molar refractivity (Wildman–Crippen MR) is 83.5 cm³/mol. The summed E-state index contributed by atoms with van der Waals surface area (Å²) in [6.07, 6.45) is -0.403. The fourth-order valence-electron chi connectivity index (χ4n) is 2.01. The van der Waals surface area contributed by atoms with Crippen molar-refractivity contribution in [1.82, 2.24) is 4.90 Å². The first-order valence-corrected chi connectivity index (χ1v) is 7.40. The van der Waals surface area contributed by atoms with Gasteiger partial charge in [0.15, 0.2) is 0 Å². The van der Waals surface area contributed by atoms with Crippen molar-refractivity contribution >= 4 is 40.3 Å². The summed E-state index contributed by atoms with van der Waals surface area (Å²) < 4.78 is 6.04. The number of urea groups is 1. The Kier molecular flexibility index (Phi) is 5.37. The van der Waals surface area contributed by atoms with E-state index in [1.807, 2.05) is 22.6 Å². The molecule has 1 unspecified atom stereocenters. The highest BCUT2D eigenvalue weighted by atomic mass is 127. The molecule has 0 bridgehead atoms. The summed E-state index contributed by atoms with van der Waals surface area (Å²) in [5.74, 6) is -1.10. The molecule has 21 heavy (non-hydrogen) atoms. The number of carbonyl (C=O) groups is 2. The molecule has 3 N–H and O–H groups in total. The Hall–Kier alpha value is -1.39. The molecule has 0 aliphatic carbocycles. The molecule has 114 valence electrons. The second-order valence-electron chi connectivity index (χ2n) is 4.55. The molecule has 0 saturated carbocycles. The number of carbonyl (C=O) groups excluding carboxylic acids is 1. The minimum atomic E-state index is -1.10. The van der Waals surface area contributed by atoms with E-state index in [0.717, 1.165) is 3.57 Å². The lowest BCUT2D eigenvalue weighted by atomic mass is 10.2. The molecule has 1 aromatic rings. The van der Waals surface area contributed by atoms with Gasteiger partial charge in [-0.25, -0.2) is 9.59 Å². The van der Waals surface area contributed by atoms with Crippen LogP contribution in [0.15, 0.2) is 18.2 Å². The minimum absolute atomic E-state index is 0.0437. The summed E-state index contributed by atoms with van der Waals surface area (Å²) in [5, 5.41) is 20.8. The maximum Gasteiger partial charge on any atom is 0.337 e. The van der Waals surface area contributed by atoms with Crippen molar-refractivity contribution in [1.29, 1.82) is 0 Å². The molecular formula is C13H15IN2O5. The van der Waals surface area contributed by atoms with Crippen LogP contribution in [0.1, 0.15) is 10.4 Å². The van der Waals surface area contributed by atoms with Gasteiger partial charge in [-0.2, -0.15) is 0 Å². The van der Waals surface area contributed by atoms with Crippen molar-refractivity contribution in [2.24, 2.45) is 0 Å². The van der Waals surface area contributed by atoms with E-state index in [1.54, 1.807) is 12.1 Å². The first kappa shape index (κ1) is 16.0. The summed E-state index contributed by atoms with van der Waals surface area (Å²) in [5.41, 5.74) is 0.294. The summed E-state index contributed by atoms with van der Waals surface area (Å²) in [7, 11) is 0. The van der Waals surface area contributed by atoms with Gasteiger partial charge in [-0.3, -0.25) is 0 Å². The largest absolute Gasteiger partial charge is 0.478 e. The smallest absolute Gasteiger partial charge is 0.337 e. The molecule has 0 spiro atoms. The van der Waals surface area contributed by atoms with Gasteiger partial charge in [0, 0.05) is 10.1 Å². The molecule has 0 radical (unpaired) electrons. The van der Waals surface area contributed by atoms with Crippen molar-refractivity contribution in [2.75, 3.05) is 31.6 Å². The molecular weight excluding hydrogens is 391 g/mol. The van der Waals surface area contributed by atoms with Gasteiger partial charge in [-0.1, -0.05) is 0 Å². The number of halogens is 1. The van der Waals surface area contributed by atoms with Crippen LogP contribution in [0.2, 0.25) is 0 Å². The molecule has 8 heteroatoms. The molecule has 1 fully saturated rings. The number of hydrogen-bond acceptors (Lipinski definition) is 4. The monoisotopic (exact) mass is 406 g/mol. The van der Waals surface area contributed by atoms with Crippen molar-refractivity contribution in [2.45, 2.75) is 6.10 Å². The summed E-state index contributed by atoms with van der Waals surface area (Å²) in [4.78, 5) is 24.9. The number of benzene rings is 1. The Labute approximate surface area is 135 Å². The van der Waals surface area contributed by atoms with Gasteiger partial charge in [0.2, 0.25) is 0 Å². The van der Waals surface area contributed by atoms with Crippen molar-refractivity contribution < 1.29 is 24.5 Å². The van der Waals surface area contributed by atoms with Crippen LogP contribution in [0.5, 0.6) is 0 Å². The molecule has 2 amide bonds. The molecule has 1 heterocycles. The fraction of sp³-hybridized carbons (Fsp3) is 0.385. The van der Waals surface area contributed by atoms with Crippen LogP contribution in [-0.2, 0) is 4.74 Å². The number of carboxylic acids is 1. The highest BCUT2D eigenvalue weighted by molar-refractivity contribution is 14.1. The SMILES string of the molecule is O=C(O)c1cc(I)ccc1NC(=O)N1CCOC(CO)C1. The normalized spacial score (nSPS) is 18.4. The van der Waals surface area contributed by atoms with Crippen molar-refractivity contribution in [3.8, 4) is 0 Å². The maximum absolute atomic E-state index is 12.2. The quantitative estimate of drug-likeness (QED) is 0.656. The van der Waals surface area contributed by atoms with Gasteiger partial charge in [0.1, 0.15) is 0 Å². The van der Waals surface area contributed by atoms with Gasteiger partial charge in [0.25, 0.3) is 0 Å². The van der Waals surface area contributed by atoms with E-state index in [2.05, 4.69) is 5.32 Å². The van der Waals surface area contributed by atoms with Crippen LogP contribution in [0, 0.1) is 3.57 Å². The number of anilines is 1. The lowest BCUT2D eigenvalue weighted by Crippen LogP contribution is -2.48. The van der Waals surface area contributed by atoms with Crippen LogP contribution < -0.4 is 5.32 Å². The number of aromatic carboxylic acids is 1. The number of nitrogens with one attached hydrogen (secondary N) is 1. The molecule has 1 aromatic carbocycles. The zero-order valence-electron chi connectivity index (χ0n) is 11.1. The van der Waals surface area contributed by atoms with E-state index in [9.17, 15) is 14.7 Å². The van der Waals surface area contributed by atoms with Crippen LogP contribution in [0.3, 0.4) is 0 Å². The highest BCUT2D eigenvalue weighted by Gasteiger charge is 2.24. The maximum atomic E-state index is 12.2. The Morgan fingerprint density at radius 1 is 1.48 bits per heavy atom. The zero-order valence-corrected chi connectivity index (χ0v) is 13.2. The van der Waals surface area contributed by atoms with Gasteiger partial charge in [-0.15, -0.1) is 0 Å². The number of ether oxygens (including phenoxy) is 1. The van der Waals surface area contributed by atoms with E-state index < -0.39 is 18.1 Å². The summed E-state index contributed by atoms with van der Waals surface area (Å²) in [6, 6.07) is 4.38. The van der Waals surface area contributed by atoms with E-state index in [4.69, 9.17) is 9.84 Å². The third kappa shape index (κ3) is 4.05. The predicted octanol–water partition coefficient (Wildman–Crippen LogP) is 1.21. The van der Waals surface area contributed by atoms with Gasteiger partial charge in [0.05, 0.1) is 37.1 Å². The van der Waals surface area contributed by atoms with Gasteiger partial charge < -0.3 is 25.2 Å². The number of amides is 2. The van der Waals surface area contributed by atoms with Crippen molar-refractivity contribution in [3.63, 3.8) is 0 Å². The second-order valence-corrected chi connectivity index (χ2v) is 5.79. The number of hydrogen-bond donors (Lipinski definition) is 3. The lowest BCUT2D eigenvalue weighted by Gasteiger charge is -2.32. The Balaban J connectivity index is 2.11. The summed E-state index contributed by atoms with van der Waals surface area (Å²) >= 11 is 2.01. The van der Waals surface area contributed by atoms with Crippen LogP contribution >= 0.6 is 22.6 Å². The topological polar surface area (TPSA) is 99.1 Å². The number of morpholine rings is 1. The molecule has 1 aliphatic heterocycles. The second kappa shape index (κ2) is 7.05. The number of rotatable bonds is 3. The average Bonchev–Trinajstić information content (AvgIpc) is 2.48. The fourth-order valence-corrected chi connectivity index (χ4v) is 2.50.